The number of benzene rings is 3. The highest BCUT2D eigenvalue weighted by Gasteiger charge is 2.37. The van der Waals surface area contributed by atoms with Crippen molar-refractivity contribution in [3.63, 3.8) is 0 Å². The molecule has 3 fully saturated rings. The van der Waals surface area contributed by atoms with Crippen LogP contribution in [0.2, 0.25) is 0 Å². The van der Waals surface area contributed by atoms with Crippen molar-refractivity contribution in [2.75, 3.05) is 44.6 Å². The van der Waals surface area contributed by atoms with Gasteiger partial charge in [0.05, 0.1) is 17.5 Å². The number of urea groups is 1. The first-order valence-electron chi connectivity index (χ1n) is 18.7. The number of fused-ring (bicyclic) bond motifs is 4. The zero-order valence-corrected chi connectivity index (χ0v) is 29.1. The number of nitrogens with zero attached hydrogens (tertiary/aromatic N) is 5. The SMILES string of the molecule is O=C(C[C@H](NC(=O)n1c2ccccc2c2ccccc21)C(=O)N1CCC(N2CCCCC2)CC1)N1CCC(N2Cc3ccccc3NC2=O)CC1. The topological polar surface area (TPSA) is 110 Å². The van der Waals surface area contributed by atoms with Gasteiger partial charge in [-0.1, -0.05) is 61.0 Å². The normalized spacial score (nSPS) is 19.9. The summed E-state index contributed by atoms with van der Waals surface area (Å²) in [7, 11) is 0. The van der Waals surface area contributed by atoms with E-state index in [1.807, 2.05) is 82.6 Å². The van der Waals surface area contributed by atoms with Crippen molar-refractivity contribution in [1.29, 1.82) is 0 Å². The van der Waals surface area contributed by atoms with Crippen LogP contribution in [0, 0.1) is 0 Å². The molecule has 11 nitrogen and oxygen atoms in total. The van der Waals surface area contributed by atoms with Crippen molar-refractivity contribution in [3.8, 4) is 0 Å². The molecule has 4 aromatic rings. The highest BCUT2D eigenvalue weighted by Crippen LogP contribution is 2.30. The molecule has 0 radical (unpaired) electrons. The molecule has 3 aromatic carbocycles. The van der Waals surface area contributed by atoms with Gasteiger partial charge in [-0.2, -0.15) is 0 Å². The molecule has 1 atom stereocenters. The minimum atomic E-state index is -1.00. The first kappa shape index (κ1) is 33.3. The third-order valence-electron chi connectivity index (χ3n) is 11.6. The average Bonchev–Trinajstić information content (AvgIpc) is 3.52. The highest BCUT2D eigenvalue weighted by atomic mass is 16.2. The number of carbonyl (C=O) groups excluding carboxylic acids is 4. The number of rotatable bonds is 6. The Morgan fingerprint density at radius 1 is 0.706 bits per heavy atom. The standard InChI is InChI=1S/C40H47N7O4/c48-37(44-22-18-30(19-23-44)46-27-28-10-2-5-13-33(28)41-39(46)50)26-34(38(49)45-24-16-29(17-25-45)43-20-8-1-9-21-43)42-40(51)47-35-14-6-3-11-31(35)32-12-4-7-15-36(32)47/h2-7,10-15,29-30,34H,1,8-9,16-27H2,(H,41,50)(H,42,51)/t34-/m0/s1. The van der Waals surface area contributed by atoms with Crippen molar-refractivity contribution >= 4 is 51.4 Å². The Labute approximate surface area is 298 Å². The molecule has 0 bridgehead atoms. The van der Waals surface area contributed by atoms with Gasteiger partial charge >= 0.3 is 12.1 Å². The van der Waals surface area contributed by atoms with Crippen molar-refractivity contribution in [2.24, 2.45) is 0 Å². The number of hydrogen-bond donors (Lipinski definition) is 2. The number of carbonyl (C=O) groups is 4. The summed E-state index contributed by atoms with van der Waals surface area (Å²) in [6.45, 7) is 4.98. The molecule has 4 aliphatic heterocycles. The maximum atomic E-state index is 14.3. The number of para-hydroxylation sites is 3. The number of piperidine rings is 3. The van der Waals surface area contributed by atoms with E-state index in [-0.39, 0.29) is 30.3 Å². The molecule has 8 rings (SSSR count). The Morgan fingerprint density at radius 2 is 1.29 bits per heavy atom. The summed E-state index contributed by atoms with van der Waals surface area (Å²) in [6, 6.07) is 22.3. The van der Waals surface area contributed by atoms with E-state index in [4.69, 9.17) is 0 Å². The molecule has 2 N–H and O–H groups in total. The van der Waals surface area contributed by atoms with Crippen LogP contribution < -0.4 is 10.6 Å². The third-order valence-corrected chi connectivity index (χ3v) is 11.6. The number of anilines is 1. The van der Waals surface area contributed by atoms with E-state index in [0.29, 0.717) is 51.6 Å². The molecule has 0 spiro atoms. The van der Waals surface area contributed by atoms with Crippen molar-refractivity contribution in [2.45, 2.75) is 76.0 Å². The Balaban J connectivity index is 0.977. The molecular formula is C40H47N7O4. The molecule has 266 valence electrons. The van der Waals surface area contributed by atoms with Gasteiger partial charge in [-0.25, -0.2) is 9.59 Å². The van der Waals surface area contributed by atoms with Crippen molar-refractivity contribution in [1.82, 2.24) is 29.5 Å². The lowest BCUT2D eigenvalue weighted by molar-refractivity contribution is -0.140. The fraction of sp³-hybridized carbons (Fsp3) is 0.450. The minimum Gasteiger partial charge on any atom is -0.342 e. The van der Waals surface area contributed by atoms with Gasteiger partial charge in [0.25, 0.3) is 0 Å². The van der Waals surface area contributed by atoms with E-state index >= 15 is 0 Å². The first-order valence-corrected chi connectivity index (χ1v) is 18.7. The molecular weight excluding hydrogens is 642 g/mol. The quantitative estimate of drug-likeness (QED) is 0.273. The van der Waals surface area contributed by atoms with Gasteiger partial charge in [0, 0.05) is 61.3 Å². The van der Waals surface area contributed by atoms with E-state index in [9.17, 15) is 19.2 Å². The maximum Gasteiger partial charge on any atom is 0.327 e. The van der Waals surface area contributed by atoms with Crippen LogP contribution in [0.4, 0.5) is 15.3 Å². The summed E-state index contributed by atoms with van der Waals surface area (Å²) in [5, 5.41) is 7.95. The summed E-state index contributed by atoms with van der Waals surface area (Å²) in [4.78, 5) is 63.5. The summed E-state index contributed by atoms with van der Waals surface area (Å²) < 4.78 is 1.63. The number of aromatic nitrogens is 1. The molecule has 11 heteroatoms. The smallest absolute Gasteiger partial charge is 0.327 e. The molecule has 4 aliphatic rings. The van der Waals surface area contributed by atoms with E-state index < -0.39 is 12.1 Å². The molecule has 0 saturated carbocycles. The highest BCUT2D eigenvalue weighted by molar-refractivity contribution is 6.13. The molecule has 51 heavy (non-hydrogen) atoms. The number of likely N-dealkylation sites (tertiary alicyclic amines) is 3. The van der Waals surface area contributed by atoms with E-state index in [1.165, 1.54) is 19.3 Å². The monoisotopic (exact) mass is 689 g/mol. The van der Waals surface area contributed by atoms with Crippen LogP contribution in [0.1, 0.15) is 56.9 Å². The zero-order chi connectivity index (χ0) is 34.9. The maximum absolute atomic E-state index is 14.3. The summed E-state index contributed by atoms with van der Waals surface area (Å²) in [6.07, 6.45) is 6.73. The fourth-order valence-corrected chi connectivity index (χ4v) is 8.76. The number of nitrogens with one attached hydrogen (secondary N) is 2. The Bertz CT molecular complexity index is 1880. The van der Waals surface area contributed by atoms with Gasteiger partial charge in [-0.3, -0.25) is 14.2 Å². The van der Waals surface area contributed by atoms with E-state index in [2.05, 4.69) is 15.5 Å². The van der Waals surface area contributed by atoms with Gasteiger partial charge in [-0.05, 0) is 75.4 Å². The van der Waals surface area contributed by atoms with Gasteiger partial charge in [-0.15, -0.1) is 0 Å². The fourth-order valence-electron chi connectivity index (χ4n) is 8.76. The van der Waals surface area contributed by atoms with Gasteiger partial charge in [0.2, 0.25) is 11.8 Å². The second-order valence-corrected chi connectivity index (χ2v) is 14.6. The summed E-state index contributed by atoms with van der Waals surface area (Å²) >= 11 is 0. The predicted molar refractivity (Wildman–Crippen MR) is 197 cm³/mol. The number of hydrogen-bond acceptors (Lipinski definition) is 5. The van der Waals surface area contributed by atoms with Crippen LogP contribution in [0.5, 0.6) is 0 Å². The van der Waals surface area contributed by atoms with Crippen LogP contribution in [0.3, 0.4) is 0 Å². The van der Waals surface area contributed by atoms with Crippen molar-refractivity contribution < 1.29 is 19.2 Å². The third kappa shape index (κ3) is 6.67. The van der Waals surface area contributed by atoms with E-state index in [0.717, 1.165) is 59.0 Å². The van der Waals surface area contributed by atoms with Gasteiger partial charge in [0.1, 0.15) is 6.04 Å². The Morgan fingerprint density at radius 3 is 1.98 bits per heavy atom. The summed E-state index contributed by atoms with van der Waals surface area (Å²) in [5.41, 5.74) is 3.43. The predicted octanol–water partition coefficient (Wildman–Crippen LogP) is 5.63. The van der Waals surface area contributed by atoms with Crippen LogP contribution in [0.15, 0.2) is 72.8 Å². The first-order chi connectivity index (χ1) is 24.9. The van der Waals surface area contributed by atoms with E-state index in [1.54, 1.807) is 9.47 Å². The second kappa shape index (κ2) is 14.4. The Kier molecular flexibility index (Phi) is 9.38. The minimum absolute atomic E-state index is 0.0102. The largest absolute Gasteiger partial charge is 0.342 e. The van der Waals surface area contributed by atoms with Gasteiger partial charge < -0.3 is 30.2 Å². The van der Waals surface area contributed by atoms with Crippen LogP contribution in [-0.4, -0.2) is 105 Å². The molecule has 5 amide bonds. The van der Waals surface area contributed by atoms with Crippen molar-refractivity contribution in [3.05, 3.63) is 78.4 Å². The average molecular weight is 690 g/mol. The lowest BCUT2D eigenvalue weighted by atomic mass is 9.98. The van der Waals surface area contributed by atoms with Crippen LogP contribution in [0.25, 0.3) is 21.8 Å². The lowest BCUT2D eigenvalue weighted by Gasteiger charge is -2.41. The molecule has 0 unspecified atom stereocenters. The molecule has 0 aliphatic carbocycles. The molecule has 3 saturated heterocycles. The zero-order valence-electron chi connectivity index (χ0n) is 29.1. The van der Waals surface area contributed by atoms with Crippen LogP contribution >= 0.6 is 0 Å². The second-order valence-electron chi connectivity index (χ2n) is 14.6. The summed E-state index contributed by atoms with van der Waals surface area (Å²) in [5.74, 6) is -0.362. The molecule has 1 aromatic heterocycles. The lowest BCUT2D eigenvalue weighted by Crippen LogP contribution is -2.56. The van der Waals surface area contributed by atoms with Gasteiger partial charge in [0.15, 0.2) is 0 Å². The molecule has 5 heterocycles. The van der Waals surface area contributed by atoms with Crippen LogP contribution in [-0.2, 0) is 16.1 Å². The number of amides is 5. The Hall–Kier alpha value is -4.90.